The molecule has 4 aromatic rings. The molecule has 6 nitrogen and oxygen atoms in total. The molecule has 0 bridgehead atoms. The Morgan fingerprint density at radius 3 is 2.72 bits per heavy atom. The second-order valence-electron chi connectivity index (χ2n) is 8.37. The maximum atomic E-state index is 13.0. The van der Waals surface area contributed by atoms with E-state index in [2.05, 4.69) is 10.4 Å². The van der Waals surface area contributed by atoms with Crippen molar-refractivity contribution >= 4 is 10.9 Å². The Morgan fingerprint density at radius 2 is 1.88 bits per heavy atom. The Bertz CT molecular complexity index is 1240. The van der Waals surface area contributed by atoms with Gasteiger partial charge in [-0.25, -0.2) is 0 Å². The molecule has 0 unspecified atom stereocenters. The standard InChI is InChI=1S/C26H28N4O2/c31-26-25(32-19-20-7-2-1-3-8-20)11-6-15-29(26)23-12-13-24-21(17-23)18-28-30(24)16-14-27-22-9-4-5-10-22/h1-3,6-8,11-13,15,17-18,22,27H,4-5,9-10,14,16,19H2. The van der Waals surface area contributed by atoms with E-state index in [0.717, 1.165) is 35.2 Å². The molecule has 164 valence electrons. The minimum absolute atomic E-state index is 0.170. The maximum Gasteiger partial charge on any atom is 0.297 e. The first-order valence-electron chi connectivity index (χ1n) is 11.4. The zero-order valence-electron chi connectivity index (χ0n) is 18.1. The van der Waals surface area contributed by atoms with Crippen LogP contribution < -0.4 is 15.6 Å². The van der Waals surface area contributed by atoms with Gasteiger partial charge < -0.3 is 10.1 Å². The third-order valence-electron chi connectivity index (χ3n) is 6.16. The highest BCUT2D eigenvalue weighted by atomic mass is 16.5. The lowest BCUT2D eigenvalue weighted by Gasteiger charge is -2.12. The molecule has 1 aliphatic rings. The predicted octanol–water partition coefficient (Wildman–Crippen LogP) is 4.30. The van der Waals surface area contributed by atoms with Crippen LogP contribution in [0.4, 0.5) is 0 Å². The van der Waals surface area contributed by atoms with Crippen molar-refractivity contribution in [3.05, 3.63) is 89.0 Å². The molecule has 0 saturated heterocycles. The van der Waals surface area contributed by atoms with E-state index >= 15 is 0 Å². The number of nitrogens with zero attached hydrogens (tertiary/aromatic N) is 3. The van der Waals surface area contributed by atoms with Crippen LogP contribution in [0.1, 0.15) is 31.2 Å². The number of pyridine rings is 1. The summed E-state index contributed by atoms with van der Waals surface area (Å²) in [5.74, 6) is 0.338. The average molecular weight is 429 g/mol. The topological polar surface area (TPSA) is 61.1 Å². The summed E-state index contributed by atoms with van der Waals surface area (Å²) in [6.45, 7) is 2.12. The van der Waals surface area contributed by atoms with E-state index < -0.39 is 0 Å². The molecule has 0 aliphatic heterocycles. The van der Waals surface area contributed by atoms with Crippen LogP contribution >= 0.6 is 0 Å². The maximum absolute atomic E-state index is 13.0. The molecule has 0 radical (unpaired) electrons. The Hall–Kier alpha value is -3.38. The van der Waals surface area contributed by atoms with Gasteiger partial charge in [-0.1, -0.05) is 43.2 Å². The Labute approximate surface area is 187 Å². The van der Waals surface area contributed by atoms with Gasteiger partial charge in [-0.05, 0) is 48.7 Å². The van der Waals surface area contributed by atoms with Crippen molar-refractivity contribution in [3.8, 4) is 11.4 Å². The van der Waals surface area contributed by atoms with Gasteiger partial charge in [0, 0.05) is 29.9 Å². The van der Waals surface area contributed by atoms with E-state index in [-0.39, 0.29) is 5.56 Å². The normalized spacial score (nSPS) is 14.2. The molecule has 1 N–H and O–H groups in total. The third-order valence-corrected chi connectivity index (χ3v) is 6.16. The highest BCUT2D eigenvalue weighted by molar-refractivity contribution is 5.81. The number of hydrogen-bond acceptors (Lipinski definition) is 4. The van der Waals surface area contributed by atoms with Gasteiger partial charge in [-0.15, -0.1) is 0 Å². The van der Waals surface area contributed by atoms with Crippen molar-refractivity contribution in [1.29, 1.82) is 0 Å². The SMILES string of the molecule is O=c1c(OCc2ccccc2)cccn1-c1ccc2c(cnn2CCNC2CCCC2)c1. The minimum Gasteiger partial charge on any atom is -0.483 e. The lowest BCUT2D eigenvalue weighted by Crippen LogP contribution is -2.29. The number of fused-ring (bicyclic) bond motifs is 1. The Balaban J connectivity index is 1.31. The fourth-order valence-electron chi connectivity index (χ4n) is 4.43. The smallest absolute Gasteiger partial charge is 0.297 e. The van der Waals surface area contributed by atoms with Crippen LogP contribution in [0, 0.1) is 0 Å². The molecule has 0 spiro atoms. The molecular weight excluding hydrogens is 400 g/mol. The molecule has 0 amide bonds. The molecule has 2 aromatic carbocycles. The zero-order valence-corrected chi connectivity index (χ0v) is 18.1. The minimum atomic E-state index is -0.170. The first kappa shape index (κ1) is 20.5. The van der Waals surface area contributed by atoms with Crippen molar-refractivity contribution in [3.63, 3.8) is 0 Å². The average Bonchev–Trinajstić information content (AvgIpc) is 3.49. The molecule has 0 atom stereocenters. The van der Waals surface area contributed by atoms with Crippen LogP contribution in [0.2, 0.25) is 0 Å². The van der Waals surface area contributed by atoms with Gasteiger partial charge in [0.2, 0.25) is 0 Å². The Morgan fingerprint density at radius 1 is 1.03 bits per heavy atom. The lowest BCUT2D eigenvalue weighted by molar-refractivity contribution is 0.300. The lowest BCUT2D eigenvalue weighted by atomic mass is 10.2. The van der Waals surface area contributed by atoms with Gasteiger partial charge in [-0.2, -0.15) is 5.10 Å². The third kappa shape index (κ3) is 4.46. The van der Waals surface area contributed by atoms with Crippen molar-refractivity contribution in [2.45, 2.75) is 44.9 Å². The van der Waals surface area contributed by atoms with Gasteiger partial charge in [-0.3, -0.25) is 14.0 Å². The summed E-state index contributed by atoms with van der Waals surface area (Å²) in [5.41, 5.74) is 2.73. The van der Waals surface area contributed by atoms with E-state index in [1.807, 2.05) is 65.5 Å². The van der Waals surface area contributed by atoms with E-state index in [0.29, 0.717) is 18.4 Å². The second kappa shape index (κ2) is 9.40. The number of ether oxygens (including phenoxy) is 1. The largest absolute Gasteiger partial charge is 0.483 e. The van der Waals surface area contributed by atoms with Crippen LogP contribution in [0.3, 0.4) is 0 Å². The van der Waals surface area contributed by atoms with Crippen LogP contribution in [0.25, 0.3) is 16.6 Å². The molecule has 1 fully saturated rings. The van der Waals surface area contributed by atoms with Crippen LogP contribution in [0.5, 0.6) is 5.75 Å². The van der Waals surface area contributed by atoms with E-state index in [9.17, 15) is 4.79 Å². The highest BCUT2D eigenvalue weighted by Crippen LogP contribution is 2.20. The monoisotopic (exact) mass is 428 g/mol. The number of hydrogen-bond donors (Lipinski definition) is 1. The van der Waals surface area contributed by atoms with E-state index in [4.69, 9.17) is 4.74 Å². The van der Waals surface area contributed by atoms with Crippen molar-refractivity contribution < 1.29 is 4.74 Å². The van der Waals surface area contributed by atoms with Gasteiger partial charge in [0.1, 0.15) is 6.61 Å². The molecule has 2 heterocycles. The first-order chi connectivity index (χ1) is 15.8. The van der Waals surface area contributed by atoms with Crippen molar-refractivity contribution in [2.75, 3.05) is 6.54 Å². The summed E-state index contributed by atoms with van der Waals surface area (Å²) in [6.07, 6.45) is 8.88. The fourth-order valence-corrected chi connectivity index (χ4v) is 4.43. The van der Waals surface area contributed by atoms with Crippen LogP contribution in [0.15, 0.2) is 77.9 Å². The van der Waals surface area contributed by atoms with Crippen LogP contribution in [-0.4, -0.2) is 26.9 Å². The van der Waals surface area contributed by atoms with E-state index in [1.54, 1.807) is 16.8 Å². The van der Waals surface area contributed by atoms with Gasteiger partial charge in [0.15, 0.2) is 5.75 Å². The summed E-state index contributed by atoms with van der Waals surface area (Å²) in [6, 6.07) is 20.1. The van der Waals surface area contributed by atoms with Crippen molar-refractivity contribution in [2.24, 2.45) is 0 Å². The van der Waals surface area contributed by atoms with E-state index in [1.165, 1.54) is 25.7 Å². The van der Waals surface area contributed by atoms with Gasteiger partial charge in [0.05, 0.1) is 18.3 Å². The number of rotatable bonds is 8. The molecular formula is C26H28N4O2. The molecule has 1 saturated carbocycles. The number of nitrogens with one attached hydrogen (secondary N) is 1. The quantitative estimate of drug-likeness (QED) is 0.455. The summed E-state index contributed by atoms with van der Waals surface area (Å²) in [4.78, 5) is 13.0. The summed E-state index contributed by atoms with van der Waals surface area (Å²) in [7, 11) is 0. The summed E-state index contributed by atoms with van der Waals surface area (Å²) < 4.78 is 9.46. The van der Waals surface area contributed by atoms with Crippen molar-refractivity contribution in [1.82, 2.24) is 19.7 Å². The molecule has 5 rings (SSSR count). The molecule has 6 heteroatoms. The van der Waals surface area contributed by atoms with Crippen LogP contribution in [-0.2, 0) is 13.2 Å². The number of benzene rings is 2. The Kier molecular flexibility index (Phi) is 6.03. The van der Waals surface area contributed by atoms with Gasteiger partial charge >= 0.3 is 0 Å². The first-order valence-corrected chi connectivity index (χ1v) is 11.4. The summed E-state index contributed by atoms with van der Waals surface area (Å²) >= 11 is 0. The zero-order chi connectivity index (χ0) is 21.8. The second-order valence-corrected chi connectivity index (χ2v) is 8.37. The molecule has 2 aromatic heterocycles. The highest BCUT2D eigenvalue weighted by Gasteiger charge is 2.14. The van der Waals surface area contributed by atoms with Gasteiger partial charge in [0.25, 0.3) is 5.56 Å². The molecule has 1 aliphatic carbocycles. The fraction of sp³-hybridized carbons (Fsp3) is 0.308. The number of aromatic nitrogens is 3. The molecule has 32 heavy (non-hydrogen) atoms. The summed E-state index contributed by atoms with van der Waals surface area (Å²) in [5, 5.41) is 9.22. The predicted molar refractivity (Wildman–Crippen MR) is 126 cm³/mol.